The maximum Gasteiger partial charge on any atom is 0.573 e. The highest BCUT2D eigenvalue weighted by molar-refractivity contribution is 6.05. The number of hydrogen-bond donors (Lipinski definition) is 1. The Kier molecular flexibility index (Phi) is 6.09. The fourth-order valence-corrected chi connectivity index (χ4v) is 2.91. The average molecular weight is 438 g/mol. The number of amides is 1. The zero-order valence-corrected chi connectivity index (χ0v) is 16.0. The van der Waals surface area contributed by atoms with Gasteiger partial charge in [0.15, 0.2) is 6.20 Å². The van der Waals surface area contributed by atoms with Gasteiger partial charge in [0.1, 0.15) is 23.1 Å². The van der Waals surface area contributed by atoms with Crippen LogP contribution in [-0.4, -0.2) is 12.3 Å². The number of aryl methyl sites for hydroxylation is 1. The molecule has 0 aliphatic carbocycles. The maximum atomic E-state index is 14.8. The Bertz CT molecular complexity index is 1130. The molecule has 0 bridgehead atoms. The van der Waals surface area contributed by atoms with Crippen LogP contribution in [0.25, 0.3) is 0 Å². The zero-order chi connectivity index (χ0) is 22.8. The number of alkyl halides is 3. The minimum atomic E-state index is -4.97. The molecule has 5 nitrogen and oxygen atoms in total. The molecule has 10 heteroatoms. The number of benzene rings is 2. The first-order chi connectivity index (χ1) is 14.5. The smallest absolute Gasteiger partial charge is 0.573 e. The Hall–Kier alpha value is -3.69. The van der Waals surface area contributed by atoms with E-state index in [1.54, 1.807) is 0 Å². The van der Waals surface area contributed by atoms with Gasteiger partial charge < -0.3 is 15.3 Å². The van der Waals surface area contributed by atoms with Gasteiger partial charge in [0.05, 0.1) is 5.56 Å². The lowest BCUT2D eigenvalue weighted by atomic mass is 9.96. The lowest BCUT2D eigenvalue weighted by Gasteiger charge is -2.14. The molecule has 0 aliphatic heterocycles. The molecule has 0 unspecified atom stereocenters. The summed E-state index contributed by atoms with van der Waals surface area (Å²) in [6.07, 6.45) is -2.97. The van der Waals surface area contributed by atoms with Crippen molar-refractivity contribution in [2.24, 2.45) is 0 Å². The van der Waals surface area contributed by atoms with Gasteiger partial charge >= 0.3 is 6.36 Å². The average Bonchev–Trinajstić information content (AvgIpc) is 2.65. The zero-order valence-electron chi connectivity index (χ0n) is 16.0. The Morgan fingerprint density at radius 2 is 1.84 bits per heavy atom. The number of anilines is 1. The normalized spacial score (nSPS) is 11.3. The van der Waals surface area contributed by atoms with Gasteiger partial charge in [-0.3, -0.25) is 4.79 Å². The number of halogens is 5. The van der Waals surface area contributed by atoms with Crippen molar-refractivity contribution >= 4 is 11.6 Å². The molecule has 0 spiro atoms. The van der Waals surface area contributed by atoms with E-state index >= 15 is 0 Å². The Labute approximate surface area is 173 Å². The molecule has 162 valence electrons. The van der Waals surface area contributed by atoms with E-state index in [2.05, 4.69) is 10.1 Å². The first-order valence-electron chi connectivity index (χ1n) is 8.86. The van der Waals surface area contributed by atoms with E-state index in [9.17, 15) is 32.0 Å². The predicted molar refractivity (Wildman–Crippen MR) is 100 cm³/mol. The van der Waals surface area contributed by atoms with Crippen LogP contribution in [0.3, 0.4) is 0 Å². The van der Waals surface area contributed by atoms with Crippen LogP contribution in [0.4, 0.5) is 27.6 Å². The molecule has 2 aromatic carbocycles. The van der Waals surface area contributed by atoms with E-state index in [4.69, 9.17) is 0 Å². The monoisotopic (exact) mass is 438 g/mol. The van der Waals surface area contributed by atoms with Crippen LogP contribution in [0.2, 0.25) is 0 Å². The topological polar surface area (TPSA) is 65.3 Å². The summed E-state index contributed by atoms with van der Waals surface area (Å²) < 4.78 is 70.1. The molecule has 1 aromatic heterocycles. The van der Waals surface area contributed by atoms with Crippen molar-refractivity contribution in [1.82, 2.24) is 0 Å². The summed E-state index contributed by atoms with van der Waals surface area (Å²) in [6.45, 7) is 1.44. The number of ether oxygens (including phenoxy) is 1. The molecule has 0 saturated heterocycles. The van der Waals surface area contributed by atoms with Crippen LogP contribution in [-0.2, 0) is 6.42 Å². The number of nitrogens with one attached hydrogen (secondary N) is 1. The van der Waals surface area contributed by atoms with Gasteiger partial charge in [-0.2, -0.15) is 4.73 Å². The standard InChI is InChI=1S/C21H15F5N2O3/c1-12-4-5-14(9-13-6-7-16(10-17(13)22)31-21(24,25)26)18(19(12)23)20(29)27-15-3-2-8-28(30)11-15/h2-8,10-11H,9H2,1H3,(H,27,29). The summed E-state index contributed by atoms with van der Waals surface area (Å²) in [5.41, 5.74) is -0.0420. The molecule has 3 rings (SSSR count). The van der Waals surface area contributed by atoms with Crippen LogP contribution >= 0.6 is 0 Å². The van der Waals surface area contributed by atoms with Crippen LogP contribution in [0.15, 0.2) is 54.9 Å². The molecule has 3 aromatic rings. The van der Waals surface area contributed by atoms with Crippen LogP contribution in [0, 0.1) is 23.8 Å². The fourth-order valence-electron chi connectivity index (χ4n) is 2.91. The van der Waals surface area contributed by atoms with Crippen molar-refractivity contribution in [2.75, 3.05) is 5.32 Å². The molecule has 0 saturated carbocycles. The minimum Gasteiger partial charge on any atom is -0.619 e. The van der Waals surface area contributed by atoms with Crippen molar-refractivity contribution < 1.29 is 36.2 Å². The largest absolute Gasteiger partial charge is 0.619 e. The van der Waals surface area contributed by atoms with Gasteiger partial charge in [-0.1, -0.05) is 18.2 Å². The van der Waals surface area contributed by atoms with Gasteiger partial charge in [-0.25, -0.2) is 8.78 Å². The molecule has 0 atom stereocenters. The second kappa shape index (κ2) is 8.58. The predicted octanol–water partition coefficient (Wildman–Crippen LogP) is 4.65. The Balaban J connectivity index is 1.92. The van der Waals surface area contributed by atoms with Crippen LogP contribution in [0.5, 0.6) is 5.75 Å². The van der Waals surface area contributed by atoms with Gasteiger partial charge in [0, 0.05) is 18.6 Å². The SMILES string of the molecule is Cc1ccc(Cc2ccc(OC(F)(F)F)cc2F)c(C(=O)Nc2ccc[n+]([O-])c2)c1F. The van der Waals surface area contributed by atoms with Crippen LogP contribution in [0.1, 0.15) is 27.0 Å². The van der Waals surface area contributed by atoms with Crippen molar-refractivity contribution in [3.8, 4) is 5.75 Å². The summed E-state index contributed by atoms with van der Waals surface area (Å²) >= 11 is 0. The van der Waals surface area contributed by atoms with E-state index in [0.29, 0.717) is 10.8 Å². The van der Waals surface area contributed by atoms with Crippen molar-refractivity contribution in [3.05, 3.63) is 94.0 Å². The number of rotatable bonds is 5. The number of carbonyl (C=O) groups is 1. The lowest BCUT2D eigenvalue weighted by molar-refractivity contribution is -0.604. The molecule has 0 aliphatic rings. The quantitative estimate of drug-likeness (QED) is 0.358. The highest BCUT2D eigenvalue weighted by Crippen LogP contribution is 2.27. The third-order valence-corrected chi connectivity index (χ3v) is 4.32. The molecular formula is C21H15F5N2O3. The lowest BCUT2D eigenvalue weighted by Crippen LogP contribution is -2.26. The molecule has 0 fully saturated rings. The molecule has 1 heterocycles. The summed E-state index contributed by atoms with van der Waals surface area (Å²) in [5, 5.41) is 13.8. The number of carbonyl (C=O) groups excluding carboxylic acids is 1. The van der Waals surface area contributed by atoms with Crippen molar-refractivity contribution in [2.45, 2.75) is 19.7 Å². The van der Waals surface area contributed by atoms with E-state index in [1.807, 2.05) is 0 Å². The van der Waals surface area contributed by atoms with Crippen molar-refractivity contribution in [3.63, 3.8) is 0 Å². The number of nitrogens with zero attached hydrogens (tertiary/aromatic N) is 1. The fraction of sp³-hybridized carbons (Fsp3) is 0.143. The van der Waals surface area contributed by atoms with Gasteiger partial charge in [0.25, 0.3) is 5.91 Å². The van der Waals surface area contributed by atoms with E-state index < -0.39 is 29.7 Å². The Morgan fingerprint density at radius 1 is 1.13 bits per heavy atom. The molecule has 1 amide bonds. The summed E-state index contributed by atoms with van der Waals surface area (Å²) in [4.78, 5) is 12.7. The number of aromatic nitrogens is 1. The second-order valence-corrected chi connectivity index (χ2v) is 6.62. The molecule has 0 radical (unpaired) electrons. The summed E-state index contributed by atoms with van der Waals surface area (Å²) in [5.74, 6) is -3.44. The summed E-state index contributed by atoms with van der Waals surface area (Å²) in [7, 11) is 0. The number of pyridine rings is 1. The van der Waals surface area contributed by atoms with Gasteiger partial charge in [-0.05, 0) is 35.7 Å². The second-order valence-electron chi connectivity index (χ2n) is 6.62. The number of hydrogen-bond acceptors (Lipinski definition) is 3. The van der Waals surface area contributed by atoms with E-state index in [1.165, 1.54) is 37.4 Å². The molecular weight excluding hydrogens is 423 g/mol. The minimum absolute atomic E-state index is 0.0658. The third-order valence-electron chi connectivity index (χ3n) is 4.32. The Morgan fingerprint density at radius 3 is 2.48 bits per heavy atom. The summed E-state index contributed by atoms with van der Waals surface area (Å²) in [6, 6.07) is 8.18. The highest BCUT2D eigenvalue weighted by atomic mass is 19.4. The van der Waals surface area contributed by atoms with Gasteiger partial charge in [-0.15, -0.1) is 13.2 Å². The van der Waals surface area contributed by atoms with Crippen molar-refractivity contribution in [1.29, 1.82) is 0 Å². The molecule has 31 heavy (non-hydrogen) atoms. The first kappa shape index (κ1) is 22.0. The molecule has 1 N–H and O–H groups in total. The highest BCUT2D eigenvalue weighted by Gasteiger charge is 2.31. The van der Waals surface area contributed by atoms with Gasteiger partial charge in [0.2, 0.25) is 6.20 Å². The third kappa shape index (κ3) is 5.47. The van der Waals surface area contributed by atoms with E-state index in [0.717, 1.165) is 18.3 Å². The maximum absolute atomic E-state index is 14.8. The van der Waals surface area contributed by atoms with Crippen LogP contribution < -0.4 is 14.8 Å². The first-order valence-corrected chi connectivity index (χ1v) is 8.86. The van der Waals surface area contributed by atoms with E-state index in [-0.39, 0.29) is 34.4 Å².